The number of nitrogens with zero attached hydrogens (tertiary/aromatic N) is 4. The van der Waals surface area contributed by atoms with Gasteiger partial charge in [0.15, 0.2) is 0 Å². The van der Waals surface area contributed by atoms with Crippen molar-refractivity contribution in [1.29, 1.82) is 0 Å². The lowest BCUT2D eigenvalue weighted by Crippen LogP contribution is -2.34. The Balaban J connectivity index is 1.45. The Kier molecular flexibility index (Phi) is 6.01. The summed E-state index contributed by atoms with van der Waals surface area (Å²) in [6.07, 6.45) is 7.80. The van der Waals surface area contributed by atoms with E-state index in [1.807, 2.05) is 4.90 Å². The molecule has 2 aliphatic rings. The first-order valence-corrected chi connectivity index (χ1v) is 9.21. The molecule has 1 N–H and O–H groups in total. The van der Waals surface area contributed by atoms with Crippen molar-refractivity contribution in [3.05, 3.63) is 6.33 Å². The highest BCUT2D eigenvalue weighted by Gasteiger charge is 2.24. The van der Waals surface area contributed by atoms with E-state index in [1.165, 1.54) is 36.7 Å². The molecule has 0 spiro atoms. The molecule has 1 aromatic rings. The fourth-order valence-electron chi connectivity index (χ4n) is 2.84. The Bertz CT molecular complexity index is 591. The Hall–Kier alpha value is -1.96. The molecule has 2 amide bonds. The van der Waals surface area contributed by atoms with E-state index in [1.54, 1.807) is 6.92 Å². The zero-order valence-corrected chi connectivity index (χ0v) is 14.8. The molecule has 1 aromatic heterocycles. The molecule has 0 aromatic carbocycles. The van der Waals surface area contributed by atoms with Gasteiger partial charge in [-0.05, 0) is 38.5 Å². The molecule has 0 bridgehead atoms. The zero-order valence-electron chi connectivity index (χ0n) is 14.8. The topological polar surface area (TPSA) is 89.3 Å². The van der Waals surface area contributed by atoms with Crippen molar-refractivity contribution in [1.82, 2.24) is 19.7 Å². The van der Waals surface area contributed by atoms with Gasteiger partial charge in [0.2, 0.25) is 11.9 Å². The summed E-state index contributed by atoms with van der Waals surface area (Å²) in [5.74, 6) is 0.594. The van der Waals surface area contributed by atoms with Crippen molar-refractivity contribution < 1.29 is 14.3 Å². The molecule has 1 unspecified atom stereocenters. The molecule has 0 radical (unpaired) electrons. The summed E-state index contributed by atoms with van der Waals surface area (Å²) in [5.41, 5.74) is 0. The zero-order chi connectivity index (χ0) is 17.6. The fourth-order valence-corrected chi connectivity index (χ4v) is 2.84. The van der Waals surface area contributed by atoms with E-state index in [0.717, 1.165) is 25.9 Å². The normalized spacial score (nSPS) is 19.3. The van der Waals surface area contributed by atoms with Crippen LogP contribution < -0.4 is 5.32 Å². The van der Waals surface area contributed by atoms with Crippen molar-refractivity contribution in [2.45, 2.75) is 58.1 Å². The maximum atomic E-state index is 12.3. The average molecular weight is 349 g/mol. The Morgan fingerprint density at radius 3 is 2.68 bits per heavy atom. The minimum atomic E-state index is -0.536. The lowest BCUT2D eigenvalue weighted by Gasteiger charge is -2.19. The minimum absolute atomic E-state index is 0.0470. The molecule has 2 heterocycles. The van der Waals surface area contributed by atoms with Crippen LogP contribution in [0.4, 0.5) is 5.95 Å². The Labute approximate surface area is 147 Å². The third kappa shape index (κ3) is 5.52. The highest BCUT2D eigenvalue weighted by atomic mass is 16.5. The van der Waals surface area contributed by atoms with Crippen LogP contribution in [0.3, 0.4) is 0 Å². The van der Waals surface area contributed by atoms with Gasteiger partial charge in [-0.25, -0.2) is 9.67 Å². The Morgan fingerprint density at radius 2 is 2.00 bits per heavy atom. The third-order valence-electron chi connectivity index (χ3n) is 4.68. The van der Waals surface area contributed by atoms with Crippen LogP contribution in [0, 0.1) is 5.92 Å². The first kappa shape index (κ1) is 17.8. The third-order valence-corrected chi connectivity index (χ3v) is 4.68. The monoisotopic (exact) mass is 349 g/mol. The van der Waals surface area contributed by atoms with Crippen molar-refractivity contribution in [2.24, 2.45) is 5.92 Å². The van der Waals surface area contributed by atoms with Gasteiger partial charge in [-0.15, -0.1) is 5.10 Å². The van der Waals surface area contributed by atoms with Gasteiger partial charge in [-0.3, -0.25) is 14.9 Å². The SMILES string of the molecule is CC(OCC1CC1)C(=O)Nc1ncn(CC(=O)N2CCCCCC2)n1. The summed E-state index contributed by atoms with van der Waals surface area (Å²) in [4.78, 5) is 30.4. The van der Waals surface area contributed by atoms with Crippen LogP contribution in [0.1, 0.15) is 45.4 Å². The maximum Gasteiger partial charge on any atom is 0.255 e. The predicted octanol–water partition coefficient (Wildman–Crippen LogP) is 1.43. The van der Waals surface area contributed by atoms with Gasteiger partial charge in [0.05, 0.1) is 6.61 Å². The van der Waals surface area contributed by atoms with Crippen LogP contribution in [0.25, 0.3) is 0 Å². The average Bonchev–Trinajstić information content (AvgIpc) is 3.38. The first-order chi connectivity index (χ1) is 12.1. The number of likely N-dealkylation sites (tertiary alicyclic amines) is 1. The van der Waals surface area contributed by atoms with Crippen LogP contribution >= 0.6 is 0 Å². The summed E-state index contributed by atoms with van der Waals surface area (Å²) in [6, 6.07) is 0. The van der Waals surface area contributed by atoms with Crippen LogP contribution in [0.5, 0.6) is 0 Å². The largest absolute Gasteiger partial charge is 0.368 e. The van der Waals surface area contributed by atoms with Crippen LogP contribution in [-0.4, -0.2) is 57.3 Å². The summed E-state index contributed by atoms with van der Waals surface area (Å²) in [6.45, 7) is 4.12. The van der Waals surface area contributed by atoms with E-state index >= 15 is 0 Å². The van der Waals surface area contributed by atoms with Crippen LogP contribution in [0.15, 0.2) is 6.33 Å². The summed E-state index contributed by atoms with van der Waals surface area (Å²) in [7, 11) is 0. The molecule has 8 nitrogen and oxygen atoms in total. The smallest absolute Gasteiger partial charge is 0.255 e. The second-order valence-electron chi connectivity index (χ2n) is 6.97. The quantitative estimate of drug-likeness (QED) is 0.804. The van der Waals surface area contributed by atoms with Gasteiger partial charge in [-0.2, -0.15) is 0 Å². The predicted molar refractivity (Wildman–Crippen MR) is 91.8 cm³/mol. The molecule has 1 saturated carbocycles. The van der Waals surface area contributed by atoms with E-state index in [9.17, 15) is 9.59 Å². The van der Waals surface area contributed by atoms with E-state index in [0.29, 0.717) is 12.5 Å². The Morgan fingerprint density at radius 1 is 1.28 bits per heavy atom. The molecule has 25 heavy (non-hydrogen) atoms. The summed E-state index contributed by atoms with van der Waals surface area (Å²) >= 11 is 0. The van der Waals surface area contributed by atoms with Crippen molar-refractivity contribution in [2.75, 3.05) is 25.0 Å². The number of amides is 2. The molecule has 1 saturated heterocycles. The molecule has 3 rings (SSSR count). The number of anilines is 1. The second-order valence-corrected chi connectivity index (χ2v) is 6.97. The first-order valence-electron chi connectivity index (χ1n) is 9.21. The van der Waals surface area contributed by atoms with E-state index in [2.05, 4.69) is 15.4 Å². The molecule has 1 atom stereocenters. The molecule has 1 aliphatic carbocycles. The lowest BCUT2D eigenvalue weighted by atomic mass is 10.2. The van der Waals surface area contributed by atoms with E-state index in [4.69, 9.17) is 4.74 Å². The van der Waals surface area contributed by atoms with Gasteiger partial charge in [0.1, 0.15) is 19.0 Å². The van der Waals surface area contributed by atoms with Crippen molar-refractivity contribution in [3.8, 4) is 0 Å². The van der Waals surface area contributed by atoms with Gasteiger partial charge in [-0.1, -0.05) is 12.8 Å². The van der Waals surface area contributed by atoms with Gasteiger partial charge >= 0.3 is 0 Å². The van der Waals surface area contributed by atoms with Crippen molar-refractivity contribution >= 4 is 17.8 Å². The number of rotatable bonds is 7. The number of ether oxygens (including phenoxy) is 1. The van der Waals surface area contributed by atoms with Gasteiger partial charge in [0.25, 0.3) is 5.91 Å². The molecule has 1 aliphatic heterocycles. The lowest BCUT2D eigenvalue weighted by molar-refractivity contribution is -0.132. The summed E-state index contributed by atoms with van der Waals surface area (Å²) < 4.78 is 7.00. The fraction of sp³-hybridized carbons (Fsp3) is 0.765. The number of aromatic nitrogens is 3. The number of hydrogen-bond donors (Lipinski definition) is 1. The molecule has 138 valence electrons. The summed E-state index contributed by atoms with van der Waals surface area (Å²) in [5, 5.41) is 6.81. The van der Waals surface area contributed by atoms with Crippen molar-refractivity contribution in [3.63, 3.8) is 0 Å². The number of carbonyl (C=O) groups is 2. The van der Waals surface area contributed by atoms with Gasteiger partial charge in [0, 0.05) is 13.1 Å². The molecular weight excluding hydrogens is 322 g/mol. The van der Waals surface area contributed by atoms with Crippen LogP contribution in [-0.2, 0) is 20.9 Å². The second kappa shape index (κ2) is 8.42. The standard InChI is InChI=1S/C17H27N5O3/c1-13(25-11-14-6-7-14)16(24)19-17-18-12-22(20-17)10-15(23)21-8-4-2-3-5-9-21/h12-14H,2-11H2,1H3,(H,19,20,24). The number of carbonyl (C=O) groups excluding carboxylic acids is 2. The highest BCUT2D eigenvalue weighted by molar-refractivity contribution is 5.92. The highest BCUT2D eigenvalue weighted by Crippen LogP contribution is 2.29. The molecule has 2 fully saturated rings. The maximum absolute atomic E-state index is 12.3. The minimum Gasteiger partial charge on any atom is -0.368 e. The van der Waals surface area contributed by atoms with Crippen LogP contribution in [0.2, 0.25) is 0 Å². The van der Waals surface area contributed by atoms with Gasteiger partial charge < -0.3 is 9.64 Å². The molecular formula is C17H27N5O3. The number of nitrogens with one attached hydrogen (secondary N) is 1. The van der Waals surface area contributed by atoms with E-state index < -0.39 is 6.10 Å². The molecule has 8 heteroatoms. The van der Waals surface area contributed by atoms with E-state index in [-0.39, 0.29) is 24.3 Å². The number of hydrogen-bond acceptors (Lipinski definition) is 5.